The number of hydrogen-bond donors (Lipinski definition) is 1. The molecule has 1 atom stereocenters. The molecule has 1 N–H and O–H groups in total. The molecule has 0 fully saturated rings. The highest BCUT2D eigenvalue weighted by atomic mass is 19.3. The van der Waals surface area contributed by atoms with Crippen molar-refractivity contribution in [2.75, 3.05) is 7.05 Å². The summed E-state index contributed by atoms with van der Waals surface area (Å²) in [7, 11) is 1.92. The molecule has 114 valence electrons. The van der Waals surface area contributed by atoms with Crippen LogP contribution in [0.4, 0.5) is 8.78 Å². The zero-order valence-corrected chi connectivity index (χ0v) is 12.1. The van der Waals surface area contributed by atoms with Crippen molar-refractivity contribution in [3.05, 3.63) is 48.0 Å². The quantitative estimate of drug-likeness (QED) is 0.849. The van der Waals surface area contributed by atoms with Gasteiger partial charge >= 0.3 is 6.55 Å². The minimum atomic E-state index is -2.60. The maximum atomic E-state index is 12.7. The fraction of sp³-hybridized carbons (Fsp3) is 0.400. The largest absolute Gasteiger partial charge is 0.486 e. The van der Waals surface area contributed by atoms with E-state index < -0.39 is 6.55 Å². The SMILES string of the molecule is CCC(NC)c1ccc(OCc2nccn2C(F)F)cc1. The van der Waals surface area contributed by atoms with Crippen molar-refractivity contribution in [3.8, 4) is 5.75 Å². The van der Waals surface area contributed by atoms with Crippen LogP contribution in [0.1, 0.15) is 37.3 Å². The van der Waals surface area contributed by atoms with Crippen LogP contribution in [-0.2, 0) is 6.61 Å². The molecule has 0 aliphatic carbocycles. The number of imidazole rings is 1. The first kappa shape index (κ1) is 15.4. The molecule has 0 amide bonds. The van der Waals surface area contributed by atoms with Crippen LogP contribution in [0.5, 0.6) is 5.75 Å². The van der Waals surface area contributed by atoms with Crippen LogP contribution in [-0.4, -0.2) is 16.6 Å². The second kappa shape index (κ2) is 7.17. The van der Waals surface area contributed by atoms with Crippen LogP contribution >= 0.6 is 0 Å². The van der Waals surface area contributed by atoms with E-state index in [0.717, 1.165) is 11.0 Å². The van der Waals surface area contributed by atoms with Gasteiger partial charge in [-0.3, -0.25) is 4.57 Å². The number of benzene rings is 1. The minimum absolute atomic E-state index is 0.0138. The van der Waals surface area contributed by atoms with Crippen LogP contribution in [0.3, 0.4) is 0 Å². The Morgan fingerprint density at radius 2 is 2.00 bits per heavy atom. The molecule has 2 rings (SSSR count). The zero-order valence-electron chi connectivity index (χ0n) is 12.1. The summed E-state index contributed by atoms with van der Waals surface area (Å²) in [6, 6.07) is 7.92. The van der Waals surface area contributed by atoms with Crippen molar-refractivity contribution in [2.45, 2.75) is 32.5 Å². The van der Waals surface area contributed by atoms with Crippen molar-refractivity contribution in [2.24, 2.45) is 0 Å². The molecule has 1 heterocycles. The Balaban J connectivity index is 1.99. The van der Waals surface area contributed by atoms with Gasteiger partial charge in [-0.25, -0.2) is 4.98 Å². The van der Waals surface area contributed by atoms with Crippen LogP contribution in [0.25, 0.3) is 0 Å². The summed E-state index contributed by atoms with van der Waals surface area (Å²) >= 11 is 0. The van der Waals surface area contributed by atoms with Crippen molar-refractivity contribution in [1.82, 2.24) is 14.9 Å². The lowest BCUT2D eigenvalue weighted by atomic mass is 10.1. The van der Waals surface area contributed by atoms with E-state index in [-0.39, 0.29) is 12.4 Å². The first-order valence-electron chi connectivity index (χ1n) is 6.85. The van der Waals surface area contributed by atoms with Crippen LogP contribution in [0, 0.1) is 0 Å². The van der Waals surface area contributed by atoms with Gasteiger partial charge in [0.1, 0.15) is 12.4 Å². The highest BCUT2D eigenvalue weighted by Gasteiger charge is 2.12. The lowest BCUT2D eigenvalue weighted by Gasteiger charge is -2.15. The van der Waals surface area contributed by atoms with E-state index >= 15 is 0 Å². The smallest absolute Gasteiger partial charge is 0.320 e. The molecule has 0 saturated carbocycles. The molecular formula is C15H19F2N3O. The van der Waals surface area contributed by atoms with Gasteiger partial charge in [0.2, 0.25) is 0 Å². The number of hydrogen-bond acceptors (Lipinski definition) is 3. The summed E-state index contributed by atoms with van der Waals surface area (Å²) < 4.78 is 31.6. The Kier molecular flexibility index (Phi) is 5.27. The Morgan fingerprint density at radius 3 is 2.57 bits per heavy atom. The number of ether oxygens (including phenoxy) is 1. The van der Waals surface area contributed by atoms with Crippen molar-refractivity contribution >= 4 is 0 Å². The number of rotatable bonds is 7. The van der Waals surface area contributed by atoms with Gasteiger partial charge in [-0.15, -0.1) is 0 Å². The fourth-order valence-electron chi connectivity index (χ4n) is 2.18. The third-order valence-corrected chi connectivity index (χ3v) is 3.37. The fourth-order valence-corrected chi connectivity index (χ4v) is 2.18. The third-order valence-electron chi connectivity index (χ3n) is 3.37. The van der Waals surface area contributed by atoms with E-state index in [9.17, 15) is 8.78 Å². The Morgan fingerprint density at radius 1 is 1.29 bits per heavy atom. The van der Waals surface area contributed by atoms with Gasteiger partial charge in [-0.05, 0) is 31.2 Å². The summed E-state index contributed by atoms with van der Waals surface area (Å²) in [5.41, 5.74) is 1.17. The second-order valence-corrected chi connectivity index (χ2v) is 4.64. The lowest BCUT2D eigenvalue weighted by molar-refractivity contribution is 0.0632. The van der Waals surface area contributed by atoms with E-state index in [2.05, 4.69) is 17.2 Å². The van der Waals surface area contributed by atoms with Gasteiger partial charge in [0.15, 0.2) is 5.82 Å². The molecule has 0 bridgehead atoms. The number of nitrogens with zero attached hydrogens (tertiary/aromatic N) is 2. The zero-order chi connectivity index (χ0) is 15.2. The summed E-state index contributed by atoms with van der Waals surface area (Å²) in [4.78, 5) is 3.87. The first-order valence-corrected chi connectivity index (χ1v) is 6.85. The van der Waals surface area contributed by atoms with Gasteiger partial charge in [-0.2, -0.15) is 8.78 Å². The molecule has 0 radical (unpaired) electrons. The predicted octanol–water partition coefficient (Wildman–Crippen LogP) is 3.53. The van der Waals surface area contributed by atoms with E-state index in [4.69, 9.17) is 4.74 Å². The average Bonchev–Trinajstić information content (AvgIpc) is 2.96. The number of halogens is 2. The van der Waals surface area contributed by atoms with E-state index in [0.29, 0.717) is 11.8 Å². The monoisotopic (exact) mass is 295 g/mol. The van der Waals surface area contributed by atoms with Crippen LogP contribution in [0.2, 0.25) is 0 Å². The molecule has 0 aliphatic rings. The van der Waals surface area contributed by atoms with E-state index in [1.54, 1.807) is 0 Å². The highest BCUT2D eigenvalue weighted by Crippen LogP contribution is 2.21. The molecule has 2 aromatic rings. The summed E-state index contributed by atoms with van der Waals surface area (Å²) in [5, 5.41) is 3.22. The van der Waals surface area contributed by atoms with Gasteiger partial charge in [0.05, 0.1) is 0 Å². The topological polar surface area (TPSA) is 39.1 Å². The molecular weight excluding hydrogens is 276 g/mol. The third kappa shape index (κ3) is 3.78. The standard InChI is InChI=1S/C15H19F2N3O/c1-3-13(18-2)11-4-6-12(7-5-11)21-10-14-19-8-9-20(14)15(16)17/h4-9,13,15,18H,3,10H2,1-2H3. The molecule has 21 heavy (non-hydrogen) atoms. The minimum Gasteiger partial charge on any atom is -0.486 e. The second-order valence-electron chi connectivity index (χ2n) is 4.64. The highest BCUT2D eigenvalue weighted by molar-refractivity contribution is 5.29. The normalized spacial score (nSPS) is 12.6. The molecule has 6 heteroatoms. The maximum Gasteiger partial charge on any atom is 0.320 e. The molecule has 0 saturated heterocycles. The molecule has 0 aliphatic heterocycles. The number of nitrogens with one attached hydrogen (secondary N) is 1. The van der Waals surface area contributed by atoms with Gasteiger partial charge in [-0.1, -0.05) is 19.1 Å². The molecule has 1 aromatic heterocycles. The van der Waals surface area contributed by atoms with E-state index in [1.807, 2.05) is 31.3 Å². The van der Waals surface area contributed by atoms with Crippen molar-refractivity contribution < 1.29 is 13.5 Å². The van der Waals surface area contributed by atoms with Crippen LogP contribution in [0.15, 0.2) is 36.7 Å². The van der Waals surface area contributed by atoms with Gasteiger partial charge < -0.3 is 10.1 Å². The summed E-state index contributed by atoms with van der Waals surface area (Å²) in [6.45, 7) is -0.482. The number of alkyl halides is 2. The van der Waals surface area contributed by atoms with Gasteiger partial charge in [0, 0.05) is 18.4 Å². The molecule has 0 spiro atoms. The van der Waals surface area contributed by atoms with Crippen molar-refractivity contribution in [3.63, 3.8) is 0 Å². The van der Waals surface area contributed by atoms with Crippen molar-refractivity contribution in [1.29, 1.82) is 0 Å². The predicted molar refractivity (Wildman–Crippen MR) is 76.3 cm³/mol. The maximum absolute atomic E-state index is 12.7. The lowest BCUT2D eigenvalue weighted by Crippen LogP contribution is -2.15. The molecule has 1 aromatic carbocycles. The summed E-state index contributed by atoms with van der Waals surface area (Å²) in [5.74, 6) is 0.837. The Labute approximate surface area is 122 Å². The summed E-state index contributed by atoms with van der Waals surface area (Å²) in [6.07, 6.45) is 3.57. The molecule has 1 unspecified atom stereocenters. The first-order chi connectivity index (χ1) is 10.2. The Bertz CT molecular complexity index is 550. The number of aromatic nitrogens is 2. The molecule has 4 nitrogen and oxygen atoms in total. The van der Waals surface area contributed by atoms with E-state index in [1.165, 1.54) is 18.0 Å². The Hall–Kier alpha value is -1.95. The van der Waals surface area contributed by atoms with Crippen LogP contribution < -0.4 is 10.1 Å². The van der Waals surface area contributed by atoms with Gasteiger partial charge in [0.25, 0.3) is 0 Å². The average molecular weight is 295 g/mol.